The average Bonchev–Trinajstić information content (AvgIpc) is 2.75. The fourth-order valence-corrected chi connectivity index (χ4v) is 3.91. The van der Waals surface area contributed by atoms with Crippen molar-refractivity contribution >= 4 is 23.2 Å². The van der Waals surface area contributed by atoms with E-state index >= 15 is 0 Å². The Labute approximate surface area is 225 Å². The van der Waals surface area contributed by atoms with E-state index in [1.54, 1.807) is 0 Å². The maximum absolute atomic E-state index is 9.95. The highest BCUT2D eigenvalue weighted by atomic mass is 35.5. The number of alkyl halides is 2. The van der Waals surface area contributed by atoms with E-state index in [0.717, 1.165) is 36.8 Å². The minimum atomic E-state index is -0.503. The number of halogens is 2. The Morgan fingerprint density at radius 3 is 1.31 bits per heavy atom. The van der Waals surface area contributed by atoms with Gasteiger partial charge in [-0.1, -0.05) is 52.0 Å². The molecule has 0 saturated carbocycles. The Bertz CT molecular complexity index is 522. The number of ether oxygens (including phenoxy) is 3. The molecule has 0 aromatic heterocycles. The molecule has 0 amide bonds. The molecule has 0 rings (SSSR count). The molecule has 6 unspecified atom stereocenters. The summed E-state index contributed by atoms with van der Waals surface area (Å²) in [7, 11) is 0. The van der Waals surface area contributed by atoms with E-state index in [0.29, 0.717) is 50.7 Å². The summed E-state index contributed by atoms with van der Waals surface area (Å²) in [6.07, 6.45) is 3.44. The van der Waals surface area contributed by atoms with Crippen LogP contribution in [0.5, 0.6) is 0 Å². The number of hydrogen-bond acceptors (Lipinski definition) is 5. The van der Waals surface area contributed by atoms with Crippen LogP contribution in [0.15, 0.2) is 24.3 Å². The largest absolute Gasteiger partial charge is 0.389 e. The molecule has 6 atom stereocenters. The molecule has 0 radical (unpaired) electrons. The van der Waals surface area contributed by atoms with Crippen molar-refractivity contribution in [3.63, 3.8) is 0 Å². The third-order valence-electron chi connectivity index (χ3n) is 5.56. The lowest BCUT2D eigenvalue weighted by Crippen LogP contribution is -2.32. The summed E-state index contributed by atoms with van der Waals surface area (Å²) in [6.45, 7) is 20.7. The lowest BCUT2D eigenvalue weighted by molar-refractivity contribution is -0.253. The van der Waals surface area contributed by atoms with Gasteiger partial charge in [0.2, 0.25) is 0 Å². The molecule has 0 aliphatic rings. The highest BCUT2D eigenvalue weighted by molar-refractivity contribution is 6.20. The lowest BCUT2D eigenvalue weighted by Gasteiger charge is -2.29. The van der Waals surface area contributed by atoms with Crippen LogP contribution in [0.3, 0.4) is 0 Å². The first-order valence-corrected chi connectivity index (χ1v) is 14.0. The third-order valence-corrected chi connectivity index (χ3v) is 6.35. The Hall–Kier alpha value is -0.140. The third kappa shape index (κ3) is 19.6. The molecule has 208 valence electrons. The van der Waals surface area contributed by atoms with Gasteiger partial charge in [0.05, 0.1) is 25.4 Å². The van der Waals surface area contributed by atoms with Crippen molar-refractivity contribution < 1.29 is 24.4 Å². The van der Waals surface area contributed by atoms with Crippen LogP contribution >= 0.6 is 23.2 Å². The predicted octanol–water partition coefficient (Wildman–Crippen LogP) is 7.21. The zero-order valence-corrected chi connectivity index (χ0v) is 24.5. The van der Waals surface area contributed by atoms with Crippen molar-refractivity contribution in [1.29, 1.82) is 0 Å². The quantitative estimate of drug-likeness (QED) is 0.0865. The van der Waals surface area contributed by atoms with Gasteiger partial charge in [-0.2, -0.15) is 0 Å². The second-order valence-corrected chi connectivity index (χ2v) is 11.9. The van der Waals surface area contributed by atoms with Crippen LogP contribution < -0.4 is 0 Å². The van der Waals surface area contributed by atoms with Crippen LogP contribution in [0.1, 0.15) is 92.9 Å². The van der Waals surface area contributed by atoms with E-state index in [9.17, 15) is 10.2 Å². The summed E-state index contributed by atoms with van der Waals surface area (Å²) in [5.74, 6) is 0.715. The molecule has 0 bridgehead atoms. The summed E-state index contributed by atoms with van der Waals surface area (Å²) in [4.78, 5) is 0. The minimum absolute atomic E-state index is 0.148. The van der Waals surface area contributed by atoms with Crippen LogP contribution in [0.25, 0.3) is 0 Å². The van der Waals surface area contributed by atoms with E-state index < -0.39 is 24.8 Å². The van der Waals surface area contributed by atoms with E-state index in [4.69, 9.17) is 37.4 Å². The fraction of sp³-hybridized carbons (Fsp3) is 0.857. The van der Waals surface area contributed by atoms with Gasteiger partial charge < -0.3 is 24.4 Å². The topological polar surface area (TPSA) is 68.2 Å². The molecule has 0 saturated heterocycles. The van der Waals surface area contributed by atoms with Gasteiger partial charge in [-0.15, -0.1) is 23.2 Å². The Balaban J connectivity index is 4.98. The molecule has 0 aliphatic heterocycles. The fourth-order valence-electron chi connectivity index (χ4n) is 3.31. The lowest BCUT2D eigenvalue weighted by atomic mass is 10.0. The van der Waals surface area contributed by atoms with Gasteiger partial charge in [-0.25, -0.2) is 0 Å². The van der Waals surface area contributed by atoms with E-state index in [-0.39, 0.29) is 10.8 Å². The average molecular weight is 540 g/mol. The summed E-state index contributed by atoms with van der Waals surface area (Å²) in [5.41, 5.74) is 1.54. The Morgan fingerprint density at radius 1 is 0.686 bits per heavy atom. The van der Waals surface area contributed by atoms with Crippen molar-refractivity contribution in [2.45, 2.75) is 128 Å². The monoisotopic (exact) mass is 538 g/mol. The maximum atomic E-state index is 9.95. The second-order valence-electron chi connectivity index (χ2n) is 10.7. The number of rotatable bonds is 22. The van der Waals surface area contributed by atoms with Crippen LogP contribution in [-0.4, -0.2) is 59.0 Å². The number of hydrogen-bond donors (Lipinski definition) is 2. The van der Waals surface area contributed by atoms with Gasteiger partial charge in [0.25, 0.3) is 0 Å². The Kier molecular flexibility index (Phi) is 19.8. The summed E-state index contributed by atoms with van der Waals surface area (Å²) in [6, 6.07) is 0. The molecule has 0 aromatic rings. The zero-order valence-electron chi connectivity index (χ0n) is 23.0. The van der Waals surface area contributed by atoms with Gasteiger partial charge in [0.1, 0.15) is 0 Å². The van der Waals surface area contributed by atoms with Crippen LogP contribution in [0.4, 0.5) is 0 Å². The van der Waals surface area contributed by atoms with Gasteiger partial charge in [-0.05, 0) is 64.2 Å². The van der Waals surface area contributed by atoms with Crippen molar-refractivity contribution in [2.75, 3.05) is 13.2 Å². The minimum Gasteiger partial charge on any atom is -0.389 e. The van der Waals surface area contributed by atoms with Crippen LogP contribution in [0, 0.1) is 11.8 Å². The van der Waals surface area contributed by atoms with Crippen molar-refractivity contribution in [1.82, 2.24) is 0 Å². The van der Waals surface area contributed by atoms with Gasteiger partial charge in [0.15, 0.2) is 12.6 Å². The van der Waals surface area contributed by atoms with Crippen molar-refractivity contribution in [3.05, 3.63) is 24.3 Å². The Morgan fingerprint density at radius 2 is 1.03 bits per heavy atom. The second kappa shape index (κ2) is 19.9. The molecular weight excluding hydrogens is 487 g/mol. The molecular formula is C28H52Cl2O5. The summed E-state index contributed by atoms with van der Waals surface area (Å²) < 4.78 is 18.4. The maximum Gasteiger partial charge on any atom is 0.162 e. The summed E-state index contributed by atoms with van der Waals surface area (Å²) >= 11 is 13.3. The first-order chi connectivity index (χ1) is 16.3. The number of aliphatic hydroxyl groups is 2. The standard InChI is InChI=1S/C28H52Cl2O5/c1-19(2)17-33-27(15-23(29)11-9-13-25(31)21(5)6)35-28(34-18-20(3)4)16-24(30)12-10-14-26(32)22(7)8/h19-20,23-28,31-32H,5,7,9-18H2,1-4,6,8H3. The zero-order chi connectivity index (χ0) is 27.0. The first-order valence-electron chi connectivity index (χ1n) is 13.1. The molecule has 35 heavy (non-hydrogen) atoms. The smallest absolute Gasteiger partial charge is 0.162 e. The molecule has 5 nitrogen and oxygen atoms in total. The predicted molar refractivity (Wildman–Crippen MR) is 148 cm³/mol. The number of aliphatic hydroxyl groups excluding tert-OH is 2. The van der Waals surface area contributed by atoms with Crippen molar-refractivity contribution in [3.8, 4) is 0 Å². The molecule has 0 fully saturated rings. The van der Waals surface area contributed by atoms with Gasteiger partial charge in [0, 0.05) is 23.6 Å². The molecule has 0 spiro atoms. The molecule has 0 aliphatic carbocycles. The normalized spacial score (nSPS) is 17.3. The van der Waals surface area contributed by atoms with E-state index in [1.165, 1.54) is 0 Å². The van der Waals surface area contributed by atoms with Crippen molar-refractivity contribution in [2.24, 2.45) is 11.8 Å². The SMILES string of the molecule is C=C(C)C(O)CCCC(Cl)CC(OCC(C)C)OC(CC(Cl)CCCC(O)C(=C)C)OCC(C)C. The van der Waals surface area contributed by atoms with Gasteiger partial charge >= 0.3 is 0 Å². The van der Waals surface area contributed by atoms with Crippen LogP contribution in [-0.2, 0) is 14.2 Å². The molecule has 0 heterocycles. The highest BCUT2D eigenvalue weighted by Crippen LogP contribution is 2.24. The molecule has 2 N–H and O–H groups in total. The molecule has 7 heteroatoms. The van der Waals surface area contributed by atoms with Crippen LogP contribution in [0.2, 0.25) is 0 Å². The first kappa shape index (κ1) is 34.9. The highest BCUT2D eigenvalue weighted by Gasteiger charge is 2.24. The summed E-state index contributed by atoms with van der Waals surface area (Å²) in [5, 5.41) is 19.6. The molecule has 0 aromatic carbocycles. The van der Waals surface area contributed by atoms with E-state index in [1.807, 2.05) is 13.8 Å². The van der Waals surface area contributed by atoms with E-state index in [2.05, 4.69) is 40.9 Å². The van der Waals surface area contributed by atoms with Gasteiger partial charge in [-0.3, -0.25) is 0 Å².